The Morgan fingerprint density at radius 2 is 0.429 bits per heavy atom. The summed E-state index contributed by atoms with van der Waals surface area (Å²) in [6.45, 7) is 0. The quantitative estimate of drug-likeness (QED) is 0.118. The summed E-state index contributed by atoms with van der Waals surface area (Å²) in [7, 11) is 0. The first-order chi connectivity index (χ1) is 72.9. The summed E-state index contributed by atoms with van der Waals surface area (Å²) < 4.78 is 17.9. The van der Waals surface area contributed by atoms with E-state index in [0.29, 0.717) is 52.7 Å². The highest BCUT2D eigenvalue weighted by Gasteiger charge is 2.32. The molecule has 0 N–H and O–H groups in total. The number of hydrogen-bond donors (Lipinski definition) is 0. The predicted octanol–water partition coefficient (Wildman–Crippen LogP) is 32.8. The number of nitrogens with zero attached hydrogens (tertiary/aromatic N) is 18. The molecule has 17 aromatic carbocycles. The SMILES string of the molecule is c1ccc(-c2ccc(-c3nc(-c4ccccc4)nc(-n4c5ccccc5c5c6sc7ccccc7c6c6c7cncnc7sc6c54)n3)cc2)cc1.c1ccc(-c2nc(-c3ccccc3)nc(-c3cccc(-n4c5ccccc5c5c6sc7ccccc7c6c6c7cncnc7sc6c54)c3)n2)cc1.c1ccc(-c2nc(-c3ccccc3)nc(-n3c4ccccc4c4c5sc6ccccc6c5c5c6cncnc6sc5c43)n2)cc1. The second-order valence-corrected chi connectivity index (χ2v) is 42.1. The Kier molecular flexibility index (Phi) is 19.7. The number of para-hydroxylation sites is 3. The first-order valence-corrected chi connectivity index (χ1v) is 52.8. The Bertz CT molecular complexity index is 10900. The van der Waals surface area contributed by atoms with Crippen LogP contribution in [0.3, 0.4) is 0 Å². The Hall–Kier alpha value is -18.3. The Labute approximate surface area is 858 Å². The van der Waals surface area contributed by atoms with E-state index in [1.807, 2.05) is 198 Å². The minimum Gasteiger partial charge on any atom is -0.308 e. The number of fused-ring (bicyclic) bond motifs is 36. The Balaban J connectivity index is 0.000000102. The third kappa shape index (κ3) is 13.6. The molecule has 686 valence electrons. The number of aromatic nitrogens is 18. The number of benzene rings is 17. The molecule has 24 heteroatoms. The van der Waals surface area contributed by atoms with E-state index in [0.717, 1.165) is 129 Å². The summed E-state index contributed by atoms with van der Waals surface area (Å²) in [5, 5.41) is 21.5. The zero-order valence-electron chi connectivity index (χ0n) is 77.3. The van der Waals surface area contributed by atoms with Gasteiger partial charge in [0.15, 0.2) is 40.8 Å². The van der Waals surface area contributed by atoms with Gasteiger partial charge in [-0.2, -0.15) is 19.9 Å². The topological polar surface area (TPSA) is 208 Å². The van der Waals surface area contributed by atoms with Gasteiger partial charge in [-0.05, 0) is 59.7 Å². The van der Waals surface area contributed by atoms with Crippen molar-refractivity contribution in [1.29, 1.82) is 0 Å². The number of thiophene rings is 6. The lowest BCUT2D eigenvalue weighted by Crippen LogP contribution is -2.06. The summed E-state index contributed by atoms with van der Waals surface area (Å²) in [6, 6.07) is 130. The Morgan fingerprint density at radius 1 is 0.177 bits per heavy atom. The van der Waals surface area contributed by atoms with E-state index < -0.39 is 0 Å². The zero-order chi connectivity index (χ0) is 96.4. The highest BCUT2D eigenvalue weighted by molar-refractivity contribution is 7.31. The normalized spacial score (nSPS) is 11.9. The molecule has 0 saturated heterocycles. The van der Waals surface area contributed by atoms with Gasteiger partial charge in [-0.1, -0.05) is 328 Å². The van der Waals surface area contributed by atoms with E-state index in [1.54, 1.807) is 53.0 Å². The first kappa shape index (κ1) is 84.4. The molecule has 0 unspecified atom stereocenters. The van der Waals surface area contributed by atoms with Crippen LogP contribution in [0.1, 0.15) is 0 Å². The summed E-state index contributed by atoms with van der Waals surface area (Å²) in [5.74, 6) is 5.56. The molecule has 0 bridgehead atoms. The van der Waals surface area contributed by atoms with Crippen molar-refractivity contribution < 1.29 is 0 Å². The molecule has 0 aliphatic carbocycles. The van der Waals surface area contributed by atoms with Crippen LogP contribution in [-0.4, -0.2) is 88.5 Å². The lowest BCUT2D eigenvalue weighted by Gasteiger charge is -2.12. The predicted molar refractivity (Wildman–Crippen MR) is 610 cm³/mol. The maximum absolute atomic E-state index is 5.28. The molecule has 147 heavy (non-hydrogen) atoms. The van der Waals surface area contributed by atoms with Crippen LogP contribution in [0.4, 0.5) is 0 Å². The molecule has 0 spiro atoms. The molecule has 32 aromatic rings. The molecule has 0 amide bonds. The second-order valence-electron chi connectivity index (χ2n) is 36.0. The molecule has 0 aliphatic rings. The van der Waals surface area contributed by atoms with E-state index >= 15 is 0 Å². The lowest BCUT2D eigenvalue weighted by atomic mass is 10.0. The van der Waals surface area contributed by atoms with E-state index in [1.165, 1.54) is 114 Å². The molecule has 0 fully saturated rings. The number of rotatable bonds is 11. The molecule has 0 atom stereocenters. The second kappa shape index (κ2) is 34.3. The van der Waals surface area contributed by atoms with E-state index in [4.69, 9.17) is 59.8 Å². The van der Waals surface area contributed by atoms with Crippen molar-refractivity contribution in [2.45, 2.75) is 0 Å². The first-order valence-electron chi connectivity index (χ1n) is 47.9. The highest BCUT2D eigenvalue weighted by atomic mass is 32.1. The molecular weight excluding hydrogens is 1920 g/mol. The van der Waals surface area contributed by atoms with Gasteiger partial charge in [-0.15, -0.1) is 68.0 Å². The third-order valence-electron chi connectivity index (χ3n) is 27.7. The van der Waals surface area contributed by atoms with Crippen LogP contribution in [0.25, 0.3) is 295 Å². The van der Waals surface area contributed by atoms with Crippen molar-refractivity contribution in [1.82, 2.24) is 88.5 Å². The standard InChI is InChI=1S/2C43H24N6S2.C37H20N6S2/c1-3-12-25(13-4-1)40-46-41(26-14-5-2-6-15-26)48-42(47-40)27-16-11-17-28(22-27)49-32-20-9-7-18-29(32)36-37(49)39-35(31-23-44-24-45-43(31)51-39)34-30-19-8-10-21-33(30)50-38(34)36;1-3-11-25(12-4-1)26-19-21-28(22-20-26)41-46-40(27-13-5-2-6-14-27)47-43(48-41)49-32-17-9-7-15-29(32)36-37(49)39-35(31-23-44-24-45-42(31)51-39)34-30-16-8-10-18-33(30)50-38(34)36;1-3-11-21(12-4-1)34-40-35(22-13-5-2-6-14-22)42-37(41-34)43-26-17-9-7-15-23(26)30-31(43)33-29(25-19-38-20-39-36(25)45-33)28-24-16-8-10-18-27(24)44-32(28)30/h2*1-24H;1-20H. The van der Waals surface area contributed by atoms with Gasteiger partial charge in [-0.25, -0.2) is 54.8 Å². The summed E-state index contributed by atoms with van der Waals surface area (Å²) in [4.78, 5) is 76.5. The van der Waals surface area contributed by atoms with Gasteiger partial charge in [0.2, 0.25) is 11.9 Å². The summed E-state index contributed by atoms with van der Waals surface area (Å²) in [6.07, 6.45) is 10.8. The fourth-order valence-corrected chi connectivity index (χ4v) is 28.6. The van der Waals surface area contributed by atoms with E-state index in [-0.39, 0.29) is 0 Å². The smallest absolute Gasteiger partial charge is 0.238 e. The molecule has 15 heterocycles. The summed E-state index contributed by atoms with van der Waals surface area (Å²) in [5.41, 5.74) is 16.4. The molecule has 15 aromatic heterocycles. The monoisotopic (exact) mass is 1990 g/mol. The van der Waals surface area contributed by atoms with Crippen LogP contribution in [0.15, 0.2) is 414 Å². The van der Waals surface area contributed by atoms with Gasteiger partial charge in [0.25, 0.3) is 0 Å². The van der Waals surface area contributed by atoms with Crippen LogP contribution < -0.4 is 0 Å². The Morgan fingerprint density at radius 3 is 0.776 bits per heavy atom. The van der Waals surface area contributed by atoms with Gasteiger partial charge in [0.05, 0.1) is 47.2 Å². The van der Waals surface area contributed by atoms with Crippen molar-refractivity contribution in [3.05, 3.63) is 414 Å². The lowest BCUT2D eigenvalue weighted by molar-refractivity contribution is 0.955. The van der Waals surface area contributed by atoms with Gasteiger partial charge in [0, 0.05) is 188 Å². The van der Waals surface area contributed by atoms with E-state index in [9.17, 15) is 0 Å². The van der Waals surface area contributed by atoms with Crippen molar-refractivity contribution in [3.8, 4) is 108 Å². The van der Waals surface area contributed by atoms with Crippen LogP contribution in [0.2, 0.25) is 0 Å². The minimum absolute atomic E-state index is 0.572. The van der Waals surface area contributed by atoms with Crippen LogP contribution >= 0.6 is 68.0 Å². The molecular formula is C123H68N18S6. The van der Waals surface area contributed by atoms with E-state index in [2.05, 4.69) is 259 Å². The largest absolute Gasteiger partial charge is 0.308 e. The van der Waals surface area contributed by atoms with Crippen LogP contribution in [0.5, 0.6) is 0 Å². The molecule has 32 rings (SSSR count). The average molecular weight is 1990 g/mol. The van der Waals surface area contributed by atoms with Crippen molar-refractivity contribution in [2.24, 2.45) is 0 Å². The van der Waals surface area contributed by atoms with Crippen LogP contribution in [-0.2, 0) is 0 Å². The third-order valence-corrected chi connectivity index (χ3v) is 34.6. The minimum atomic E-state index is 0.572. The van der Waals surface area contributed by atoms with Crippen molar-refractivity contribution in [3.63, 3.8) is 0 Å². The van der Waals surface area contributed by atoms with Gasteiger partial charge < -0.3 is 4.57 Å². The van der Waals surface area contributed by atoms with Crippen molar-refractivity contribution >= 4 is 255 Å². The fraction of sp³-hybridized carbons (Fsp3) is 0. The van der Waals surface area contributed by atoms with Gasteiger partial charge in [-0.3, -0.25) is 9.13 Å². The maximum Gasteiger partial charge on any atom is 0.238 e. The molecule has 0 aliphatic heterocycles. The maximum atomic E-state index is 5.28. The van der Waals surface area contributed by atoms with Crippen molar-refractivity contribution in [2.75, 3.05) is 0 Å². The molecule has 18 nitrogen and oxygen atoms in total. The summed E-state index contributed by atoms with van der Waals surface area (Å²) >= 11 is 10.7. The zero-order valence-corrected chi connectivity index (χ0v) is 82.2. The highest BCUT2D eigenvalue weighted by Crippen LogP contribution is 2.57. The van der Waals surface area contributed by atoms with Gasteiger partial charge >= 0.3 is 0 Å². The molecule has 0 saturated carbocycles. The van der Waals surface area contributed by atoms with Crippen LogP contribution in [0, 0.1) is 0 Å². The molecule has 0 radical (unpaired) electrons. The number of hydrogen-bond acceptors (Lipinski definition) is 21. The van der Waals surface area contributed by atoms with Gasteiger partial charge in [0.1, 0.15) is 33.5 Å². The fourth-order valence-electron chi connectivity index (χ4n) is 21.3. The average Bonchev–Trinajstić information content (AvgIpc) is 1.53.